The van der Waals surface area contributed by atoms with E-state index in [1.165, 1.54) is 0 Å². The van der Waals surface area contributed by atoms with Crippen molar-refractivity contribution in [3.05, 3.63) is 36.7 Å². The Kier molecular flexibility index (Phi) is 4.75. The van der Waals surface area contributed by atoms with Gasteiger partial charge < -0.3 is 24.8 Å². The summed E-state index contributed by atoms with van der Waals surface area (Å²) in [5, 5.41) is 22.4. The number of halogens is 1. The van der Waals surface area contributed by atoms with E-state index < -0.39 is 6.17 Å². The molecule has 0 saturated carbocycles. The van der Waals surface area contributed by atoms with Gasteiger partial charge in [-0.05, 0) is 43.0 Å². The number of aromatic nitrogens is 4. The van der Waals surface area contributed by atoms with E-state index in [0.717, 1.165) is 30.4 Å². The molecule has 6 rings (SSSR count). The van der Waals surface area contributed by atoms with Crippen molar-refractivity contribution in [3.8, 4) is 39.9 Å². The molecule has 4 atom stereocenters. The molecule has 3 aromatic rings. The lowest BCUT2D eigenvalue weighted by Crippen LogP contribution is -2.55. The van der Waals surface area contributed by atoms with Crippen molar-refractivity contribution in [1.82, 2.24) is 25.5 Å². The minimum Gasteiger partial charge on any atom is -0.507 e. The Hall–Kier alpha value is -3.53. The first-order valence-corrected chi connectivity index (χ1v) is 11.0. The van der Waals surface area contributed by atoms with Crippen molar-refractivity contribution >= 4 is 5.82 Å². The zero-order valence-corrected chi connectivity index (χ0v) is 18.0. The smallest absolute Gasteiger partial charge is 0.260 e. The molecular formula is C23H23FN6O3. The highest BCUT2D eigenvalue weighted by atomic mass is 19.1. The number of benzene rings is 1. The van der Waals surface area contributed by atoms with Gasteiger partial charge in [0.15, 0.2) is 17.4 Å². The minimum absolute atomic E-state index is 0.0202. The Morgan fingerprint density at radius 2 is 2.00 bits per heavy atom. The van der Waals surface area contributed by atoms with Gasteiger partial charge in [-0.3, -0.25) is 0 Å². The van der Waals surface area contributed by atoms with Gasteiger partial charge in [0.2, 0.25) is 6.79 Å². The van der Waals surface area contributed by atoms with Gasteiger partial charge in [0, 0.05) is 30.9 Å². The Labute approximate surface area is 189 Å². The van der Waals surface area contributed by atoms with Crippen LogP contribution in [0.2, 0.25) is 0 Å². The van der Waals surface area contributed by atoms with Crippen molar-refractivity contribution in [3.63, 3.8) is 0 Å². The van der Waals surface area contributed by atoms with E-state index in [1.807, 2.05) is 24.1 Å². The predicted octanol–water partition coefficient (Wildman–Crippen LogP) is 2.70. The van der Waals surface area contributed by atoms with E-state index in [2.05, 4.69) is 25.5 Å². The highest BCUT2D eigenvalue weighted by molar-refractivity contribution is 5.73. The number of hydrogen-bond donors (Lipinski definition) is 2. The van der Waals surface area contributed by atoms with Crippen LogP contribution in [0.5, 0.6) is 17.4 Å². The molecule has 10 heteroatoms. The lowest BCUT2D eigenvalue weighted by molar-refractivity contribution is 0.171. The molecule has 1 aromatic carbocycles. The van der Waals surface area contributed by atoms with Gasteiger partial charge in [-0.15, -0.1) is 10.2 Å². The monoisotopic (exact) mass is 450 g/mol. The van der Waals surface area contributed by atoms with Gasteiger partial charge in [0.25, 0.3) is 5.88 Å². The first kappa shape index (κ1) is 20.1. The van der Waals surface area contributed by atoms with Crippen LogP contribution in [0.1, 0.15) is 19.3 Å². The number of piperidine rings is 1. The van der Waals surface area contributed by atoms with E-state index in [-0.39, 0.29) is 24.6 Å². The zero-order chi connectivity index (χ0) is 22.5. The number of nitrogens with one attached hydrogen (secondary N) is 1. The maximum atomic E-state index is 14.9. The number of anilines is 1. The fourth-order valence-corrected chi connectivity index (χ4v) is 4.92. The molecule has 2 fully saturated rings. The second-order valence-electron chi connectivity index (χ2n) is 8.71. The molecule has 0 aliphatic carbocycles. The van der Waals surface area contributed by atoms with Gasteiger partial charge in [-0.2, -0.15) is 0 Å². The van der Waals surface area contributed by atoms with Crippen LogP contribution in [-0.4, -0.2) is 63.4 Å². The quantitative estimate of drug-likeness (QED) is 0.621. The van der Waals surface area contributed by atoms with Gasteiger partial charge in [0.05, 0.1) is 17.8 Å². The van der Waals surface area contributed by atoms with Crippen LogP contribution in [0.15, 0.2) is 36.7 Å². The Balaban J connectivity index is 1.22. The lowest BCUT2D eigenvalue weighted by atomic mass is 9.96. The molecular weight excluding hydrogens is 427 g/mol. The third-order valence-corrected chi connectivity index (χ3v) is 6.76. The average Bonchev–Trinajstić information content (AvgIpc) is 3.48. The number of ether oxygens (including phenoxy) is 2. The van der Waals surface area contributed by atoms with Crippen molar-refractivity contribution in [2.45, 2.75) is 43.6 Å². The van der Waals surface area contributed by atoms with Crippen molar-refractivity contribution < 1.29 is 19.0 Å². The molecule has 170 valence electrons. The van der Waals surface area contributed by atoms with Crippen LogP contribution in [0.3, 0.4) is 0 Å². The topological polar surface area (TPSA) is 106 Å². The third-order valence-electron chi connectivity index (χ3n) is 6.76. The summed E-state index contributed by atoms with van der Waals surface area (Å²) in [6.45, 7) is 0.149. The van der Waals surface area contributed by atoms with Gasteiger partial charge in [-0.1, -0.05) is 6.07 Å². The van der Waals surface area contributed by atoms with Crippen LogP contribution in [0.4, 0.5) is 10.2 Å². The van der Waals surface area contributed by atoms with E-state index >= 15 is 0 Å². The number of phenolic OH excluding ortho intramolecular Hbond substituents is 1. The molecule has 3 aliphatic rings. The van der Waals surface area contributed by atoms with E-state index in [0.29, 0.717) is 34.9 Å². The van der Waals surface area contributed by atoms with Crippen LogP contribution in [0.25, 0.3) is 22.5 Å². The second-order valence-corrected chi connectivity index (χ2v) is 8.71. The summed E-state index contributed by atoms with van der Waals surface area (Å²) in [4.78, 5) is 10.5. The molecule has 2 bridgehead atoms. The molecule has 3 aliphatic heterocycles. The maximum absolute atomic E-state index is 14.9. The average molecular weight is 450 g/mol. The zero-order valence-electron chi connectivity index (χ0n) is 18.0. The number of pyridine rings is 1. The molecule has 0 radical (unpaired) electrons. The molecule has 0 unspecified atom stereocenters. The van der Waals surface area contributed by atoms with Crippen molar-refractivity contribution in [1.29, 1.82) is 0 Å². The molecule has 9 nitrogen and oxygen atoms in total. The number of rotatable bonds is 4. The molecule has 2 N–H and O–H groups in total. The standard InChI is InChI=1S/C23H23FN6O3/c1-30(17-8-14-3-5-16(27-14)21(17)24)20-10-25-22(29-28-20)15-4-2-12(6-18(15)31)13-7-19-23(26-9-13)33-11-32-19/h2,4,6-7,9-10,14,16-17,21,27,31H,3,5,8,11H2,1H3/t14-,16-,17+,21-/m0/s1. The number of aromatic hydroxyl groups is 1. The first-order valence-electron chi connectivity index (χ1n) is 11.0. The largest absolute Gasteiger partial charge is 0.507 e. The summed E-state index contributed by atoms with van der Waals surface area (Å²) < 4.78 is 25.5. The van der Waals surface area contributed by atoms with Gasteiger partial charge >= 0.3 is 0 Å². The summed E-state index contributed by atoms with van der Waals surface area (Å²) in [6, 6.07) is 7.02. The molecule has 2 saturated heterocycles. The SMILES string of the molecule is CN(c1cnc(-c2ccc(-c3cnc4c(c3)OCO4)cc2O)nn1)[C@@H]1C[C@@H]2CC[C@H](N2)[C@@H]1F. The van der Waals surface area contributed by atoms with Crippen molar-refractivity contribution in [2.24, 2.45) is 0 Å². The maximum Gasteiger partial charge on any atom is 0.260 e. The highest BCUT2D eigenvalue weighted by Gasteiger charge is 2.44. The Morgan fingerprint density at radius 3 is 2.82 bits per heavy atom. The number of hydrogen-bond acceptors (Lipinski definition) is 9. The Bertz CT molecular complexity index is 1190. The lowest BCUT2D eigenvalue weighted by Gasteiger charge is -2.38. The van der Waals surface area contributed by atoms with Crippen LogP contribution in [-0.2, 0) is 0 Å². The minimum atomic E-state index is -0.961. The molecule has 0 amide bonds. The van der Waals surface area contributed by atoms with Crippen LogP contribution in [0, 0.1) is 0 Å². The van der Waals surface area contributed by atoms with Crippen LogP contribution >= 0.6 is 0 Å². The molecule has 5 heterocycles. The number of alkyl halides is 1. The van der Waals surface area contributed by atoms with E-state index in [9.17, 15) is 9.50 Å². The molecule has 0 spiro atoms. The fourth-order valence-electron chi connectivity index (χ4n) is 4.92. The predicted molar refractivity (Wildman–Crippen MR) is 118 cm³/mol. The van der Waals surface area contributed by atoms with Gasteiger partial charge in [-0.25, -0.2) is 14.4 Å². The van der Waals surface area contributed by atoms with Crippen LogP contribution < -0.4 is 19.7 Å². The Morgan fingerprint density at radius 1 is 1.09 bits per heavy atom. The number of nitrogens with zero attached hydrogens (tertiary/aromatic N) is 5. The summed E-state index contributed by atoms with van der Waals surface area (Å²) in [6.07, 6.45) is 4.89. The summed E-state index contributed by atoms with van der Waals surface area (Å²) >= 11 is 0. The fraction of sp³-hybridized carbons (Fsp3) is 0.391. The summed E-state index contributed by atoms with van der Waals surface area (Å²) in [7, 11) is 1.83. The number of fused-ring (bicyclic) bond motifs is 3. The van der Waals surface area contributed by atoms with Gasteiger partial charge in [0.1, 0.15) is 11.9 Å². The summed E-state index contributed by atoms with van der Waals surface area (Å²) in [5.41, 5.74) is 2.01. The molecule has 33 heavy (non-hydrogen) atoms. The second kappa shape index (κ2) is 7.80. The molecule has 2 aromatic heterocycles. The first-order chi connectivity index (χ1) is 16.1. The summed E-state index contributed by atoms with van der Waals surface area (Å²) in [5.74, 6) is 1.85. The van der Waals surface area contributed by atoms with Crippen molar-refractivity contribution in [2.75, 3.05) is 18.7 Å². The number of phenols is 1. The van der Waals surface area contributed by atoms with E-state index in [4.69, 9.17) is 9.47 Å². The highest BCUT2D eigenvalue weighted by Crippen LogP contribution is 2.37. The normalized spacial score (nSPS) is 25.3. The van der Waals surface area contributed by atoms with E-state index in [1.54, 1.807) is 24.5 Å². The third kappa shape index (κ3) is 3.50.